The lowest BCUT2D eigenvalue weighted by molar-refractivity contribution is -0.130. The molecule has 0 bridgehead atoms. The smallest absolute Gasteiger partial charge is 0.238 e. The maximum Gasteiger partial charge on any atom is 0.238 e. The molecule has 1 aromatic carbocycles. The van der Waals surface area contributed by atoms with Crippen LogP contribution in [0.15, 0.2) is 47.9 Å². The van der Waals surface area contributed by atoms with Crippen molar-refractivity contribution < 1.29 is 10.0 Å². The average molecular weight is 287 g/mol. The van der Waals surface area contributed by atoms with Gasteiger partial charge in [-0.3, -0.25) is 4.79 Å². The predicted octanol–water partition coefficient (Wildman–Crippen LogP) is 0.898. The number of H-pyrrole nitrogens is 1. The number of carbonyl (C=O) groups is 1. The predicted molar refractivity (Wildman–Crippen MR) is 77.7 cm³/mol. The number of nitrogens with two attached hydrogens (primary N) is 1. The van der Waals surface area contributed by atoms with Gasteiger partial charge in [-0.1, -0.05) is 35.5 Å². The largest absolute Gasteiger partial charge is 0.409 e. The van der Waals surface area contributed by atoms with Crippen LogP contribution in [0.4, 0.5) is 0 Å². The fraction of sp³-hybridized carbons (Fsp3) is 0.214. The Hall–Kier alpha value is -2.83. The second kappa shape index (κ2) is 6.56. The van der Waals surface area contributed by atoms with E-state index < -0.39 is 5.92 Å². The quantitative estimate of drug-likeness (QED) is 0.328. The third kappa shape index (κ3) is 3.38. The van der Waals surface area contributed by atoms with Crippen LogP contribution in [0.25, 0.3) is 0 Å². The number of amides is 1. The first-order valence-electron chi connectivity index (χ1n) is 6.39. The number of benzene rings is 1. The van der Waals surface area contributed by atoms with Gasteiger partial charge in [-0.25, -0.2) is 4.98 Å². The number of likely N-dealkylation sites (N-methyl/N-ethyl adjacent to an activating group) is 1. The zero-order valence-electron chi connectivity index (χ0n) is 11.6. The van der Waals surface area contributed by atoms with Crippen molar-refractivity contribution in [3.05, 3.63) is 54.1 Å². The van der Waals surface area contributed by atoms with Crippen LogP contribution in [-0.4, -0.2) is 38.9 Å². The third-order valence-electron chi connectivity index (χ3n) is 3.11. The number of amidine groups is 1. The van der Waals surface area contributed by atoms with Crippen molar-refractivity contribution in [2.24, 2.45) is 10.9 Å². The van der Waals surface area contributed by atoms with E-state index in [0.29, 0.717) is 17.9 Å². The van der Waals surface area contributed by atoms with Gasteiger partial charge in [0.25, 0.3) is 0 Å². The number of rotatable bonds is 5. The number of hydrogen-bond donors (Lipinski definition) is 3. The average Bonchev–Trinajstić information content (AvgIpc) is 3.01. The molecule has 0 aliphatic heterocycles. The molecular weight excluding hydrogens is 270 g/mol. The summed E-state index contributed by atoms with van der Waals surface area (Å²) in [5, 5.41) is 11.9. The summed E-state index contributed by atoms with van der Waals surface area (Å²) >= 11 is 0. The van der Waals surface area contributed by atoms with Gasteiger partial charge in [-0.2, -0.15) is 0 Å². The van der Waals surface area contributed by atoms with E-state index in [1.165, 1.54) is 4.90 Å². The number of nitrogens with zero attached hydrogens (tertiary/aromatic N) is 3. The highest BCUT2D eigenvalue weighted by Gasteiger charge is 2.28. The maximum absolute atomic E-state index is 12.6. The Kier molecular flexibility index (Phi) is 4.55. The van der Waals surface area contributed by atoms with Crippen LogP contribution in [0.1, 0.15) is 17.3 Å². The number of oxime groups is 1. The van der Waals surface area contributed by atoms with E-state index in [0.717, 1.165) is 0 Å². The maximum atomic E-state index is 12.6. The molecule has 4 N–H and O–H groups in total. The van der Waals surface area contributed by atoms with Crippen molar-refractivity contribution in [1.29, 1.82) is 0 Å². The monoisotopic (exact) mass is 287 g/mol. The Labute approximate surface area is 122 Å². The van der Waals surface area contributed by atoms with Gasteiger partial charge in [-0.15, -0.1) is 0 Å². The molecule has 2 aromatic rings. The molecule has 0 aliphatic carbocycles. The third-order valence-corrected chi connectivity index (χ3v) is 3.11. The van der Waals surface area contributed by atoms with Crippen LogP contribution in [0.5, 0.6) is 0 Å². The summed E-state index contributed by atoms with van der Waals surface area (Å²) in [7, 11) is 1.64. The molecule has 0 aliphatic rings. The number of aromatic amines is 1. The van der Waals surface area contributed by atoms with E-state index in [1.807, 2.05) is 6.07 Å². The normalized spacial score (nSPS) is 12.9. The second-order valence-electron chi connectivity index (χ2n) is 4.60. The Morgan fingerprint density at radius 3 is 2.76 bits per heavy atom. The van der Waals surface area contributed by atoms with E-state index >= 15 is 0 Å². The Morgan fingerprint density at radius 2 is 2.19 bits per heavy atom. The minimum atomic E-state index is -0.823. The SMILES string of the molecule is CN(Cc1ncc[nH]1)C(=O)C(C(N)=NO)c1ccccc1. The molecule has 21 heavy (non-hydrogen) atoms. The van der Waals surface area contributed by atoms with Crippen LogP contribution in [0, 0.1) is 0 Å². The highest BCUT2D eigenvalue weighted by atomic mass is 16.4. The minimum absolute atomic E-state index is 0.141. The summed E-state index contributed by atoms with van der Waals surface area (Å²) in [6, 6.07) is 8.96. The summed E-state index contributed by atoms with van der Waals surface area (Å²) in [4.78, 5) is 21.1. The molecule has 1 aromatic heterocycles. The van der Waals surface area contributed by atoms with Gasteiger partial charge in [0, 0.05) is 19.4 Å². The van der Waals surface area contributed by atoms with Crippen molar-refractivity contribution >= 4 is 11.7 Å². The zero-order valence-corrected chi connectivity index (χ0v) is 11.6. The molecule has 0 radical (unpaired) electrons. The number of aromatic nitrogens is 2. The van der Waals surface area contributed by atoms with Crippen molar-refractivity contribution in [3.8, 4) is 0 Å². The molecule has 2 rings (SSSR count). The van der Waals surface area contributed by atoms with Gasteiger partial charge in [0.05, 0.1) is 6.54 Å². The van der Waals surface area contributed by atoms with Gasteiger partial charge in [0.15, 0.2) is 5.84 Å². The molecule has 0 saturated heterocycles. The van der Waals surface area contributed by atoms with Crippen molar-refractivity contribution in [3.63, 3.8) is 0 Å². The zero-order chi connectivity index (χ0) is 15.2. The summed E-state index contributed by atoms with van der Waals surface area (Å²) in [5.41, 5.74) is 6.36. The molecule has 1 amide bonds. The number of nitrogens with one attached hydrogen (secondary N) is 1. The van der Waals surface area contributed by atoms with Gasteiger partial charge in [0.2, 0.25) is 5.91 Å². The molecule has 7 heteroatoms. The number of imidazole rings is 1. The Morgan fingerprint density at radius 1 is 1.48 bits per heavy atom. The number of carbonyl (C=O) groups excluding carboxylic acids is 1. The van der Waals surface area contributed by atoms with Crippen LogP contribution < -0.4 is 5.73 Å². The minimum Gasteiger partial charge on any atom is -0.409 e. The Bertz CT molecular complexity index is 610. The van der Waals surface area contributed by atoms with Crippen molar-refractivity contribution in [2.75, 3.05) is 7.05 Å². The molecule has 110 valence electrons. The van der Waals surface area contributed by atoms with Crippen LogP contribution >= 0.6 is 0 Å². The summed E-state index contributed by atoms with van der Waals surface area (Å²) in [6.45, 7) is 0.313. The molecule has 7 nitrogen and oxygen atoms in total. The lowest BCUT2D eigenvalue weighted by atomic mass is 9.96. The fourth-order valence-corrected chi connectivity index (χ4v) is 2.05. The van der Waals surface area contributed by atoms with Crippen molar-refractivity contribution in [1.82, 2.24) is 14.9 Å². The summed E-state index contributed by atoms with van der Waals surface area (Å²) in [5.74, 6) is -0.571. The van der Waals surface area contributed by atoms with E-state index in [1.54, 1.807) is 43.7 Å². The van der Waals surface area contributed by atoms with Gasteiger partial charge < -0.3 is 20.8 Å². The van der Waals surface area contributed by atoms with Crippen LogP contribution in [0.3, 0.4) is 0 Å². The van der Waals surface area contributed by atoms with Gasteiger partial charge in [0.1, 0.15) is 11.7 Å². The summed E-state index contributed by atoms with van der Waals surface area (Å²) < 4.78 is 0. The van der Waals surface area contributed by atoms with E-state index in [-0.39, 0.29) is 11.7 Å². The first kappa shape index (κ1) is 14.6. The molecular formula is C14H17N5O2. The van der Waals surface area contributed by atoms with Crippen molar-refractivity contribution in [2.45, 2.75) is 12.5 Å². The van der Waals surface area contributed by atoms with E-state index in [4.69, 9.17) is 10.9 Å². The van der Waals surface area contributed by atoms with Gasteiger partial charge in [-0.05, 0) is 5.56 Å². The van der Waals surface area contributed by atoms with Gasteiger partial charge >= 0.3 is 0 Å². The molecule has 1 unspecified atom stereocenters. The first-order valence-corrected chi connectivity index (χ1v) is 6.39. The van der Waals surface area contributed by atoms with Crippen LogP contribution in [-0.2, 0) is 11.3 Å². The second-order valence-corrected chi connectivity index (χ2v) is 4.60. The summed E-state index contributed by atoms with van der Waals surface area (Å²) in [6.07, 6.45) is 3.30. The topological polar surface area (TPSA) is 108 Å². The number of hydrogen-bond acceptors (Lipinski definition) is 4. The lowest BCUT2D eigenvalue weighted by Crippen LogP contribution is -2.38. The molecule has 1 heterocycles. The van der Waals surface area contributed by atoms with E-state index in [9.17, 15) is 4.79 Å². The highest BCUT2D eigenvalue weighted by Crippen LogP contribution is 2.19. The lowest BCUT2D eigenvalue weighted by Gasteiger charge is -2.22. The van der Waals surface area contributed by atoms with E-state index in [2.05, 4.69) is 15.1 Å². The highest BCUT2D eigenvalue weighted by molar-refractivity contribution is 6.07. The molecule has 0 saturated carbocycles. The fourth-order valence-electron chi connectivity index (χ4n) is 2.05. The van der Waals surface area contributed by atoms with Crippen LogP contribution in [0.2, 0.25) is 0 Å². The standard InChI is InChI=1S/C14H17N5O2/c1-19(9-11-16-7-8-17-11)14(20)12(13(15)18-21)10-5-3-2-4-6-10/h2-8,12,21H,9H2,1H3,(H2,15,18)(H,16,17). The first-order chi connectivity index (χ1) is 10.1. The Balaban J connectivity index is 2.22. The molecule has 0 spiro atoms. The molecule has 0 fully saturated rings. The molecule has 1 atom stereocenters.